The minimum absolute atomic E-state index is 0.196. The molecule has 0 aliphatic carbocycles. The fourth-order valence-electron chi connectivity index (χ4n) is 2.62. The lowest BCUT2D eigenvalue weighted by Crippen LogP contribution is -2.59. The number of esters is 1. The Kier molecular flexibility index (Phi) is 10.1. The molecule has 0 radical (unpaired) electrons. The van der Waals surface area contributed by atoms with E-state index in [0.717, 1.165) is 38.5 Å². The van der Waals surface area contributed by atoms with E-state index >= 15 is 0 Å². The van der Waals surface area contributed by atoms with Crippen LogP contribution in [0.2, 0.25) is 0 Å². The summed E-state index contributed by atoms with van der Waals surface area (Å²) in [6.45, 7) is 3.13. The summed E-state index contributed by atoms with van der Waals surface area (Å²) in [7, 11) is 0. The van der Waals surface area contributed by atoms with Crippen molar-refractivity contribution in [3.8, 4) is 0 Å². The molecular formula is C17H30O7. The monoisotopic (exact) mass is 346 g/mol. The predicted molar refractivity (Wildman–Crippen MR) is 87.0 cm³/mol. The van der Waals surface area contributed by atoms with Gasteiger partial charge in [0.2, 0.25) is 6.29 Å². The second kappa shape index (κ2) is 11.5. The third kappa shape index (κ3) is 6.86. The number of allylic oxidation sites excluding steroid dienone is 1. The summed E-state index contributed by atoms with van der Waals surface area (Å²) in [4.78, 5) is 11.8. The van der Waals surface area contributed by atoms with Gasteiger partial charge >= 0.3 is 5.97 Å². The quantitative estimate of drug-likeness (QED) is 0.246. The molecule has 140 valence electrons. The fraction of sp³-hybridized carbons (Fsp3) is 0.824. The van der Waals surface area contributed by atoms with Crippen LogP contribution in [0, 0.1) is 0 Å². The van der Waals surface area contributed by atoms with Crippen molar-refractivity contribution in [2.75, 3.05) is 6.61 Å². The van der Waals surface area contributed by atoms with Crippen LogP contribution in [-0.4, -0.2) is 63.7 Å². The van der Waals surface area contributed by atoms with Crippen LogP contribution in [0.1, 0.15) is 51.4 Å². The van der Waals surface area contributed by atoms with E-state index in [9.17, 15) is 20.1 Å². The second-order valence-corrected chi connectivity index (χ2v) is 6.14. The topological polar surface area (TPSA) is 116 Å². The highest BCUT2D eigenvalue weighted by atomic mass is 16.7. The van der Waals surface area contributed by atoms with Crippen molar-refractivity contribution in [2.45, 2.75) is 82.1 Å². The Labute approximate surface area is 142 Å². The molecule has 0 spiro atoms. The van der Waals surface area contributed by atoms with Gasteiger partial charge in [-0.05, 0) is 19.3 Å². The summed E-state index contributed by atoms with van der Waals surface area (Å²) in [5.41, 5.74) is 0. The molecule has 0 saturated carbocycles. The number of rotatable bonds is 11. The van der Waals surface area contributed by atoms with E-state index in [1.54, 1.807) is 0 Å². The molecule has 1 saturated heterocycles. The Bertz CT molecular complexity index is 372. The van der Waals surface area contributed by atoms with E-state index in [4.69, 9.17) is 14.6 Å². The highest BCUT2D eigenvalue weighted by molar-refractivity contribution is 5.69. The zero-order valence-electron chi connectivity index (χ0n) is 14.0. The van der Waals surface area contributed by atoms with Gasteiger partial charge < -0.3 is 29.9 Å². The van der Waals surface area contributed by atoms with Crippen LogP contribution in [0.25, 0.3) is 0 Å². The molecule has 0 bridgehead atoms. The number of hydrogen-bond acceptors (Lipinski definition) is 7. The molecule has 7 heteroatoms. The van der Waals surface area contributed by atoms with Crippen LogP contribution in [0.15, 0.2) is 12.7 Å². The second-order valence-electron chi connectivity index (χ2n) is 6.14. The zero-order valence-corrected chi connectivity index (χ0v) is 14.0. The van der Waals surface area contributed by atoms with Crippen LogP contribution >= 0.6 is 0 Å². The van der Waals surface area contributed by atoms with E-state index in [2.05, 4.69) is 6.58 Å². The van der Waals surface area contributed by atoms with E-state index in [1.165, 1.54) is 0 Å². The van der Waals surface area contributed by atoms with Crippen molar-refractivity contribution < 1.29 is 34.7 Å². The molecule has 5 atom stereocenters. The molecule has 0 amide bonds. The largest absolute Gasteiger partial charge is 0.433 e. The summed E-state index contributed by atoms with van der Waals surface area (Å²) in [5.74, 6) is -0.536. The van der Waals surface area contributed by atoms with Gasteiger partial charge in [-0.25, -0.2) is 0 Å². The van der Waals surface area contributed by atoms with Gasteiger partial charge in [0.25, 0.3) is 0 Å². The standard InChI is InChI=1S/C17H30O7/c1-2-3-4-5-6-7-8-9-10-13(19)24-17-16(22)15(21)14(20)12(11-18)23-17/h2,12,14-18,20-22H,1,3-11H2/t12-,14-,15+,16-,17?/m1/s1. The Balaban J connectivity index is 2.21. The van der Waals surface area contributed by atoms with E-state index in [0.29, 0.717) is 6.42 Å². The number of aliphatic hydroxyl groups is 4. The summed E-state index contributed by atoms with van der Waals surface area (Å²) in [6.07, 6.45) is 2.20. The molecule has 1 unspecified atom stereocenters. The molecule has 1 aliphatic rings. The number of carbonyl (C=O) groups excluding carboxylic acids is 1. The molecule has 1 heterocycles. The lowest BCUT2D eigenvalue weighted by molar-refractivity contribution is -0.292. The van der Waals surface area contributed by atoms with Crippen molar-refractivity contribution in [2.24, 2.45) is 0 Å². The van der Waals surface area contributed by atoms with E-state index in [1.807, 2.05) is 6.08 Å². The Hall–Kier alpha value is -0.990. The zero-order chi connectivity index (χ0) is 17.9. The average Bonchev–Trinajstić information content (AvgIpc) is 2.57. The number of unbranched alkanes of at least 4 members (excludes halogenated alkanes) is 6. The molecule has 24 heavy (non-hydrogen) atoms. The maximum Gasteiger partial charge on any atom is 0.308 e. The van der Waals surface area contributed by atoms with Crippen molar-refractivity contribution >= 4 is 5.97 Å². The van der Waals surface area contributed by atoms with Crippen molar-refractivity contribution in [1.29, 1.82) is 0 Å². The minimum Gasteiger partial charge on any atom is -0.433 e. The molecule has 1 fully saturated rings. The Morgan fingerprint density at radius 3 is 2.25 bits per heavy atom. The van der Waals surface area contributed by atoms with Crippen molar-refractivity contribution in [3.63, 3.8) is 0 Å². The third-order valence-electron chi connectivity index (χ3n) is 4.14. The first-order chi connectivity index (χ1) is 11.5. The van der Waals surface area contributed by atoms with Crippen molar-refractivity contribution in [1.82, 2.24) is 0 Å². The molecule has 0 aromatic heterocycles. The summed E-state index contributed by atoms with van der Waals surface area (Å²) in [6, 6.07) is 0. The van der Waals surface area contributed by atoms with Gasteiger partial charge in [-0.3, -0.25) is 4.79 Å². The van der Waals surface area contributed by atoms with Crippen LogP contribution in [0.3, 0.4) is 0 Å². The van der Waals surface area contributed by atoms with Gasteiger partial charge in [0.15, 0.2) is 0 Å². The maximum absolute atomic E-state index is 11.8. The first-order valence-electron chi connectivity index (χ1n) is 8.62. The van der Waals surface area contributed by atoms with Gasteiger partial charge in [-0.15, -0.1) is 6.58 Å². The molecule has 1 rings (SSSR count). The highest BCUT2D eigenvalue weighted by Crippen LogP contribution is 2.22. The smallest absolute Gasteiger partial charge is 0.308 e. The minimum atomic E-state index is -1.54. The highest BCUT2D eigenvalue weighted by Gasteiger charge is 2.45. The fourth-order valence-corrected chi connectivity index (χ4v) is 2.62. The van der Waals surface area contributed by atoms with Crippen LogP contribution < -0.4 is 0 Å². The summed E-state index contributed by atoms with van der Waals surface area (Å²) in [5, 5.41) is 38.1. The normalized spacial score (nSPS) is 30.1. The van der Waals surface area contributed by atoms with E-state index in [-0.39, 0.29) is 6.42 Å². The van der Waals surface area contributed by atoms with Gasteiger partial charge in [0.1, 0.15) is 24.4 Å². The lowest BCUT2D eigenvalue weighted by atomic mass is 9.99. The summed E-state index contributed by atoms with van der Waals surface area (Å²) >= 11 is 0. The molecule has 1 aliphatic heterocycles. The van der Waals surface area contributed by atoms with Gasteiger partial charge in [-0.2, -0.15) is 0 Å². The van der Waals surface area contributed by atoms with E-state index < -0.39 is 43.3 Å². The summed E-state index contributed by atoms with van der Waals surface area (Å²) < 4.78 is 10.1. The molecule has 7 nitrogen and oxygen atoms in total. The number of carbonyl (C=O) groups is 1. The number of hydrogen-bond donors (Lipinski definition) is 4. The Morgan fingerprint density at radius 2 is 1.62 bits per heavy atom. The molecule has 0 aromatic rings. The SMILES string of the molecule is C=CCCCCCCCCC(=O)OC1O[C@H](CO)[C@@H](O)[C@H](O)[C@H]1O. The third-order valence-corrected chi connectivity index (χ3v) is 4.14. The first-order valence-corrected chi connectivity index (χ1v) is 8.62. The van der Waals surface area contributed by atoms with Crippen LogP contribution in [0.5, 0.6) is 0 Å². The number of aliphatic hydroxyl groups excluding tert-OH is 4. The molecule has 4 N–H and O–H groups in total. The average molecular weight is 346 g/mol. The number of ether oxygens (including phenoxy) is 2. The predicted octanol–water partition coefficient (Wildman–Crippen LogP) is 0.636. The Morgan fingerprint density at radius 1 is 1.00 bits per heavy atom. The van der Waals surface area contributed by atoms with Crippen LogP contribution in [0.4, 0.5) is 0 Å². The molecule has 0 aromatic carbocycles. The molecular weight excluding hydrogens is 316 g/mol. The maximum atomic E-state index is 11.8. The lowest BCUT2D eigenvalue weighted by Gasteiger charge is -2.39. The first kappa shape index (κ1) is 21.1. The van der Waals surface area contributed by atoms with Gasteiger partial charge in [0.05, 0.1) is 6.61 Å². The van der Waals surface area contributed by atoms with Crippen molar-refractivity contribution in [3.05, 3.63) is 12.7 Å². The van der Waals surface area contributed by atoms with Gasteiger partial charge in [0, 0.05) is 6.42 Å². The van der Waals surface area contributed by atoms with Crippen LogP contribution in [-0.2, 0) is 14.3 Å². The van der Waals surface area contributed by atoms with Gasteiger partial charge in [-0.1, -0.05) is 31.8 Å².